The Morgan fingerprint density at radius 2 is 1.81 bits per heavy atom. The van der Waals surface area contributed by atoms with Gasteiger partial charge in [-0.2, -0.15) is 0 Å². The normalized spacial score (nSPS) is 24.9. The molecule has 1 amide bonds. The molecule has 0 spiro atoms. The number of fused-ring (bicyclic) bond motifs is 1. The van der Waals surface area contributed by atoms with Gasteiger partial charge in [-0.3, -0.25) is 9.78 Å². The first-order valence-electron chi connectivity index (χ1n) is 11.1. The largest absolute Gasteiger partial charge is 0.486 e. The number of carbonyl (C=O) groups is 1. The van der Waals surface area contributed by atoms with Gasteiger partial charge in [0, 0.05) is 29.7 Å². The van der Waals surface area contributed by atoms with Crippen molar-refractivity contribution < 1.29 is 14.6 Å². The van der Waals surface area contributed by atoms with Crippen LogP contribution in [0.1, 0.15) is 34.0 Å². The Kier molecular flexibility index (Phi) is 5.69. The van der Waals surface area contributed by atoms with Crippen LogP contribution in [0.2, 0.25) is 0 Å². The van der Waals surface area contributed by atoms with Gasteiger partial charge in [0.25, 0.3) is 5.91 Å². The number of pyridine rings is 1. The maximum atomic E-state index is 13.1. The average molecular weight is 450 g/mol. The zero-order valence-corrected chi connectivity index (χ0v) is 19.1. The van der Waals surface area contributed by atoms with Gasteiger partial charge in [0.05, 0.1) is 17.5 Å². The molecule has 2 fully saturated rings. The van der Waals surface area contributed by atoms with Crippen molar-refractivity contribution in [2.45, 2.75) is 38.9 Å². The number of aryl methyl sites for hydroxylation is 2. The first-order valence-corrected chi connectivity index (χ1v) is 11.9. The number of amides is 1. The summed E-state index contributed by atoms with van der Waals surface area (Å²) in [4.78, 5) is 24.1. The minimum Gasteiger partial charge on any atom is -0.486 e. The molecule has 0 radical (unpaired) electrons. The van der Waals surface area contributed by atoms with E-state index in [0.717, 1.165) is 34.8 Å². The van der Waals surface area contributed by atoms with Gasteiger partial charge >= 0.3 is 0 Å². The third kappa shape index (κ3) is 4.14. The third-order valence-corrected chi connectivity index (χ3v) is 7.41. The second-order valence-corrected chi connectivity index (χ2v) is 9.72. The number of benzene rings is 1. The van der Waals surface area contributed by atoms with Gasteiger partial charge in [-0.1, -0.05) is 30.3 Å². The molecule has 4 atom stereocenters. The molecule has 1 saturated carbocycles. The highest BCUT2D eigenvalue weighted by atomic mass is 32.1. The van der Waals surface area contributed by atoms with Gasteiger partial charge in [0.15, 0.2) is 5.01 Å². The average Bonchev–Trinajstić information content (AvgIpc) is 3.43. The maximum Gasteiger partial charge on any atom is 0.282 e. The molecule has 1 N–H and O–H groups in total. The second-order valence-electron chi connectivity index (χ2n) is 8.87. The summed E-state index contributed by atoms with van der Waals surface area (Å²) in [5.74, 6) is 1.32. The fourth-order valence-electron chi connectivity index (χ4n) is 4.89. The number of aliphatic hydroxyl groups excluding tert-OH is 1. The lowest BCUT2D eigenvalue weighted by molar-refractivity contribution is -0.0236. The van der Waals surface area contributed by atoms with Crippen molar-refractivity contribution in [1.82, 2.24) is 14.9 Å². The van der Waals surface area contributed by atoms with E-state index < -0.39 is 6.10 Å². The molecule has 3 heterocycles. The van der Waals surface area contributed by atoms with Crippen LogP contribution in [0.3, 0.4) is 0 Å². The van der Waals surface area contributed by atoms with Crippen LogP contribution in [0.25, 0.3) is 11.3 Å². The Balaban J connectivity index is 1.25. The van der Waals surface area contributed by atoms with Gasteiger partial charge in [-0.25, -0.2) is 4.98 Å². The number of aromatic nitrogens is 2. The Labute approximate surface area is 191 Å². The standard InChI is InChI=1S/C25H27N3O3S/c1-15-8-9-22(16(2)26-15)31-23-11-19-13-28(12-18(19)10-21(23)29)25(30)24-27-20(14-32-24)17-6-4-3-5-7-17/h3-9,14,18-19,21,23,29H,10-13H2,1-2H3/t18-,19+,21+,23+/m0/s1. The Morgan fingerprint density at radius 1 is 1.06 bits per heavy atom. The number of ether oxygens (including phenoxy) is 1. The predicted molar refractivity (Wildman–Crippen MR) is 124 cm³/mol. The lowest BCUT2D eigenvalue weighted by Gasteiger charge is -2.35. The molecule has 1 aromatic carbocycles. The van der Waals surface area contributed by atoms with E-state index in [1.165, 1.54) is 11.3 Å². The summed E-state index contributed by atoms with van der Waals surface area (Å²) in [5, 5.41) is 13.2. The Bertz CT molecular complexity index is 1120. The summed E-state index contributed by atoms with van der Waals surface area (Å²) >= 11 is 1.39. The molecule has 0 bridgehead atoms. The lowest BCUT2D eigenvalue weighted by atomic mass is 9.78. The van der Waals surface area contributed by atoms with E-state index >= 15 is 0 Å². The molecule has 2 aliphatic rings. The van der Waals surface area contributed by atoms with Gasteiger partial charge < -0.3 is 14.7 Å². The van der Waals surface area contributed by atoms with Crippen molar-refractivity contribution in [3.8, 4) is 17.0 Å². The minimum atomic E-state index is -0.545. The molecule has 166 valence electrons. The highest BCUT2D eigenvalue weighted by molar-refractivity contribution is 7.12. The molecule has 6 nitrogen and oxygen atoms in total. The van der Waals surface area contributed by atoms with Crippen LogP contribution in [0.15, 0.2) is 47.8 Å². The van der Waals surface area contributed by atoms with Crippen LogP contribution in [0.4, 0.5) is 0 Å². The number of likely N-dealkylation sites (tertiary alicyclic amines) is 1. The van der Waals surface area contributed by atoms with E-state index in [4.69, 9.17) is 4.74 Å². The van der Waals surface area contributed by atoms with E-state index in [1.807, 2.05) is 66.6 Å². The monoisotopic (exact) mass is 449 g/mol. The molecule has 1 aliphatic heterocycles. The summed E-state index contributed by atoms with van der Waals surface area (Å²) in [6, 6.07) is 13.8. The highest BCUT2D eigenvalue weighted by Gasteiger charge is 2.44. The molecule has 1 saturated heterocycles. The van der Waals surface area contributed by atoms with Gasteiger partial charge in [0.1, 0.15) is 11.9 Å². The first kappa shape index (κ1) is 21.1. The number of thiazole rings is 1. The van der Waals surface area contributed by atoms with Crippen LogP contribution < -0.4 is 4.74 Å². The molecule has 32 heavy (non-hydrogen) atoms. The number of carbonyl (C=O) groups excluding carboxylic acids is 1. The summed E-state index contributed by atoms with van der Waals surface area (Å²) in [7, 11) is 0. The van der Waals surface area contributed by atoms with Crippen molar-refractivity contribution in [3.63, 3.8) is 0 Å². The van der Waals surface area contributed by atoms with Crippen molar-refractivity contribution in [3.05, 3.63) is 64.2 Å². The molecule has 5 rings (SSSR count). The van der Waals surface area contributed by atoms with Crippen molar-refractivity contribution >= 4 is 17.2 Å². The summed E-state index contributed by atoms with van der Waals surface area (Å²) in [5.41, 5.74) is 3.63. The van der Waals surface area contributed by atoms with Crippen molar-refractivity contribution in [2.24, 2.45) is 11.8 Å². The van der Waals surface area contributed by atoms with Crippen LogP contribution in [-0.4, -0.2) is 51.2 Å². The Morgan fingerprint density at radius 3 is 2.56 bits per heavy atom. The summed E-state index contributed by atoms with van der Waals surface area (Å²) in [6.07, 6.45) is 0.552. The summed E-state index contributed by atoms with van der Waals surface area (Å²) in [6.45, 7) is 5.22. The van der Waals surface area contributed by atoms with Gasteiger partial charge in [-0.05, 0) is 50.7 Å². The third-order valence-electron chi connectivity index (χ3n) is 6.58. The maximum absolute atomic E-state index is 13.1. The van der Waals surface area contributed by atoms with Crippen molar-refractivity contribution in [1.29, 1.82) is 0 Å². The van der Waals surface area contributed by atoms with E-state index in [1.54, 1.807) is 0 Å². The van der Waals surface area contributed by atoms with E-state index in [9.17, 15) is 9.90 Å². The zero-order valence-electron chi connectivity index (χ0n) is 18.3. The van der Waals surface area contributed by atoms with E-state index in [0.29, 0.717) is 36.4 Å². The van der Waals surface area contributed by atoms with Crippen LogP contribution >= 0.6 is 11.3 Å². The second kappa shape index (κ2) is 8.64. The Hall–Kier alpha value is -2.77. The fourth-order valence-corrected chi connectivity index (χ4v) is 5.69. The zero-order chi connectivity index (χ0) is 22.2. The molecule has 3 aromatic rings. The molecular weight excluding hydrogens is 422 g/mol. The van der Waals surface area contributed by atoms with Crippen LogP contribution in [0.5, 0.6) is 5.75 Å². The van der Waals surface area contributed by atoms with E-state index in [-0.39, 0.29) is 12.0 Å². The topological polar surface area (TPSA) is 75.5 Å². The van der Waals surface area contributed by atoms with E-state index in [2.05, 4.69) is 9.97 Å². The number of hydrogen-bond donors (Lipinski definition) is 1. The smallest absolute Gasteiger partial charge is 0.282 e. The quantitative estimate of drug-likeness (QED) is 0.649. The molecule has 0 unspecified atom stereocenters. The van der Waals surface area contributed by atoms with Crippen LogP contribution in [-0.2, 0) is 0 Å². The van der Waals surface area contributed by atoms with Gasteiger partial charge in [-0.15, -0.1) is 11.3 Å². The number of rotatable bonds is 4. The highest BCUT2D eigenvalue weighted by Crippen LogP contribution is 2.39. The molecule has 7 heteroatoms. The molecule has 1 aliphatic carbocycles. The SMILES string of the molecule is Cc1ccc(O[C@@H]2C[C@@H]3CN(C(=O)c4nc(-c5ccccc5)cs4)C[C@@H]3C[C@H]2O)c(C)n1. The predicted octanol–water partition coefficient (Wildman–Crippen LogP) is 4.11. The summed E-state index contributed by atoms with van der Waals surface area (Å²) < 4.78 is 6.17. The number of hydrogen-bond acceptors (Lipinski definition) is 6. The molecular formula is C25H27N3O3S. The van der Waals surface area contributed by atoms with Gasteiger partial charge in [0.2, 0.25) is 0 Å². The van der Waals surface area contributed by atoms with Crippen LogP contribution in [0, 0.1) is 25.7 Å². The first-order chi connectivity index (χ1) is 15.5. The lowest BCUT2D eigenvalue weighted by Crippen LogP contribution is -2.42. The van der Waals surface area contributed by atoms with Crippen molar-refractivity contribution in [2.75, 3.05) is 13.1 Å². The fraction of sp³-hybridized carbons (Fsp3) is 0.400. The number of nitrogens with zero attached hydrogens (tertiary/aromatic N) is 3. The number of aliphatic hydroxyl groups is 1. The minimum absolute atomic E-state index is 0.0166. The molecule has 2 aromatic heterocycles.